The molecule has 7 nitrogen and oxygen atoms in total. The predicted molar refractivity (Wildman–Crippen MR) is 129 cm³/mol. The summed E-state index contributed by atoms with van der Waals surface area (Å²) >= 11 is 6.41. The van der Waals surface area contributed by atoms with Gasteiger partial charge in [-0.15, -0.1) is 0 Å². The van der Waals surface area contributed by atoms with E-state index in [2.05, 4.69) is 26.9 Å². The van der Waals surface area contributed by atoms with Crippen molar-refractivity contribution < 1.29 is 14.3 Å². The van der Waals surface area contributed by atoms with Gasteiger partial charge in [0.25, 0.3) is 0 Å². The minimum atomic E-state index is 0.0509. The van der Waals surface area contributed by atoms with Gasteiger partial charge in [-0.25, -0.2) is 9.97 Å². The third-order valence-corrected chi connectivity index (χ3v) is 7.21. The number of halogens is 1. The van der Waals surface area contributed by atoms with E-state index in [4.69, 9.17) is 26.1 Å². The number of hydrogen-bond acceptors (Lipinski definition) is 7. The van der Waals surface area contributed by atoms with Crippen molar-refractivity contribution in [2.75, 3.05) is 37.9 Å². The zero-order valence-corrected chi connectivity index (χ0v) is 19.5. The number of nitrogens with zero attached hydrogens (tertiary/aromatic N) is 4. The van der Waals surface area contributed by atoms with E-state index in [1.807, 2.05) is 30.3 Å². The fourth-order valence-electron chi connectivity index (χ4n) is 5.02. The van der Waals surface area contributed by atoms with Crippen LogP contribution in [0.3, 0.4) is 0 Å². The highest BCUT2D eigenvalue weighted by atomic mass is 35.5. The van der Waals surface area contributed by atoms with E-state index in [9.17, 15) is 4.79 Å². The Kier molecular flexibility index (Phi) is 5.59. The van der Waals surface area contributed by atoms with Crippen LogP contribution in [0.15, 0.2) is 48.7 Å². The zero-order valence-electron chi connectivity index (χ0n) is 18.7. The third-order valence-electron chi connectivity index (χ3n) is 6.87. The van der Waals surface area contributed by atoms with Crippen LogP contribution in [0.1, 0.15) is 39.5 Å². The largest absolute Gasteiger partial charge is 0.454 e. The van der Waals surface area contributed by atoms with Crippen LogP contribution >= 0.6 is 11.6 Å². The minimum absolute atomic E-state index is 0.0509. The van der Waals surface area contributed by atoms with Gasteiger partial charge in [0.15, 0.2) is 17.3 Å². The van der Waals surface area contributed by atoms with E-state index in [1.54, 1.807) is 6.20 Å². The molecule has 1 aliphatic carbocycles. The second-order valence-electron chi connectivity index (χ2n) is 9.03. The molecular weight excluding hydrogens is 452 g/mol. The van der Waals surface area contributed by atoms with Gasteiger partial charge < -0.3 is 14.4 Å². The standard InChI is InChI=1S/C26H25ClN4O3/c27-21-4-2-1-3-19(21)18-12-22-20(23(32)13-18)14-28-26(29-22)31-9-7-30(8-10-31)15-17-5-6-24-25(11-17)34-16-33-24/h1-6,11,14,18H,7-10,12-13,15-16H2/t18-/m0/s1. The summed E-state index contributed by atoms with van der Waals surface area (Å²) in [5, 5.41) is 0.705. The number of carbonyl (C=O) groups excluding carboxylic acids is 1. The summed E-state index contributed by atoms with van der Waals surface area (Å²) in [4.78, 5) is 26.8. The molecule has 3 heterocycles. The lowest BCUT2D eigenvalue weighted by Gasteiger charge is -2.35. The molecule has 2 aliphatic heterocycles. The highest BCUT2D eigenvalue weighted by Gasteiger charge is 2.30. The molecule has 0 bridgehead atoms. The summed E-state index contributed by atoms with van der Waals surface area (Å²) in [6.45, 7) is 4.66. The molecular formula is C26H25ClN4O3. The summed E-state index contributed by atoms with van der Waals surface area (Å²) < 4.78 is 10.9. The van der Waals surface area contributed by atoms with Crippen molar-refractivity contribution in [2.24, 2.45) is 0 Å². The first-order valence-corrected chi connectivity index (χ1v) is 12.0. The van der Waals surface area contributed by atoms with Gasteiger partial charge in [0.05, 0.1) is 11.3 Å². The topological polar surface area (TPSA) is 67.8 Å². The first-order chi connectivity index (χ1) is 16.6. The van der Waals surface area contributed by atoms with Crippen LogP contribution in [-0.4, -0.2) is 53.6 Å². The van der Waals surface area contributed by atoms with Crippen molar-refractivity contribution in [3.05, 3.63) is 76.1 Å². The highest BCUT2D eigenvalue weighted by Crippen LogP contribution is 2.36. The summed E-state index contributed by atoms with van der Waals surface area (Å²) in [5.41, 5.74) is 3.70. The normalized spacial score (nSPS) is 19.9. The Balaban J connectivity index is 1.13. The molecule has 3 aromatic rings. The fraction of sp³-hybridized carbons (Fsp3) is 0.346. The molecule has 1 aromatic heterocycles. The van der Waals surface area contributed by atoms with Gasteiger partial charge in [-0.05, 0) is 41.7 Å². The van der Waals surface area contributed by atoms with Crippen molar-refractivity contribution >= 4 is 23.3 Å². The summed E-state index contributed by atoms with van der Waals surface area (Å²) in [6, 6.07) is 13.9. The molecule has 0 spiro atoms. The van der Waals surface area contributed by atoms with Crippen LogP contribution in [0.4, 0.5) is 5.95 Å². The van der Waals surface area contributed by atoms with E-state index in [-0.39, 0.29) is 11.7 Å². The maximum Gasteiger partial charge on any atom is 0.231 e. The number of ketones is 1. The van der Waals surface area contributed by atoms with E-state index < -0.39 is 0 Å². The molecule has 3 aliphatic rings. The maximum atomic E-state index is 12.8. The molecule has 0 saturated carbocycles. The lowest BCUT2D eigenvalue weighted by atomic mass is 9.82. The van der Waals surface area contributed by atoms with Gasteiger partial charge >= 0.3 is 0 Å². The molecule has 174 valence electrons. The lowest BCUT2D eigenvalue weighted by Crippen LogP contribution is -2.46. The Bertz CT molecular complexity index is 1240. The first kappa shape index (κ1) is 21.4. The number of anilines is 1. The summed E-state index contributed by atoms with van der Waals surface area (Å²) in [6.07, 6.45) is 2.85. The summed E-state index contributed by atoms with van der Waals surface area (Å²) in [5.74, 6) is 2.48. The number of carbonyl (C=O) groups is 1. The number of hydrogen-bond donors (Lipinski definition) is 0. The van der Waals surface area contributed by atoms with E-state index >= 15 is 0 Å². The van der Waals surface area contributed by atoms with Gasteiger partial charge in [0.1, 0.15) is 0 Å². The van der Waals surface area contributed by atoms with E-state index in [1.165, 1.54) is 5.56 Å². The van der Waals surface area contributed by atoms with Crippen LogP contribution in [0.5, 0.6) is 11.5 Å². The van der Waals surface area contributed by atoms with Gasteiger partial charge in [0.2, 0.25) is 12.7 Å². The van der Waals surface area contributed by atoms with E-state index in [0.717, 1.165) is 55.5 Å². The molecule has 1 atom stereocenters. The number of aromatic nitrogens is 2. The molecule has 6 rings (SSSR count). The maximum absolute atomic E-state index is 12.8. The SMILES string of the molecule is O=C1C[C@@H](c2ccccc2Cl)Cc2nc(N3CCN(Cc4ccc5c(c4)OCO5)CC3)ncc21. The smallest absolute Gasteiger partial charge is 0.231 e. The Morgan fingerprint density at radius 1 is 1.00 bits per heavy atom. The van der Waals surface area contributed by atoms with Crippen LogP contribution in [0.25, 0.3) is 0 Å². The molecule has 0 radical (unpaired) electrons. The number of fused-ring (bicyclic) bond motifs is 2. The molecule has 0 amide bonds. The van der Waals surface area contributed by atoms with Crippen molar-refractivity contribution in [3.8, 4) is 11.5 Å². The van der Waals surface area contributed by atoms with E-state index in [0.29, 0.717) is 36.2 Å². The average Bonchev–Trinajstić information content (AvgIpc) is 3.32. The Morgan fingerprint density at radius 2 is 1.82 bits per heavy atom. The Hall–Kier alpha value is -3.16. The molecule has 0 N–H and O–H groups in total. The fourth-order valence-corrected chi connectivity index (χ4v) is 5.31. The second-order valence-corrected chi connectivity index (χ2v) is 9.44. The van der Waals surface area contributed by atoms with Gasteiger partial charge in [-0.1, -0.05) is 35.9 Å². The quantitative estimate of drug-likeness (QED) is 0.561. The van der Waals surface area contributed by atoms with Crippen molar-refractivity contribution in [1.82, 2.24) is 14.9 Å². The third kappa shape index (κ3) is 4.10. The first-order valence-electron chi connectivity index (χ1n) is 11.6. The lowest BCUT2D eigenvalue weighted by molar-refractivity contribution is 0.0962. The number of rotatable bonds is 4. The molecule has 2 aromatic carbocycles. The predicted octanol–water partition coefficient (Wildman–Crippen LogP) is 4.09. The summed E-state index contributed by atoms with van der Waals surface area (Å²) in [7, 11) is 0. The number of Topliss-reactive ketones (excluding diaryl/α,β-unsaturated/α-hetero) is 1. The average molecular weight is 477 g/mol. The monoisotopic (exact) mass is 476 g/mol. The van der Waals surface area contributed by atoms with Crippen LogP contribution in [-0.2, 0) is 13.0 Å². The van der Waals surface area contributed by atoms with Crippen molar-refractivity contribution in [2.45, 2.75) is 25.3 Å². The zero-order chi connectivity index (χ0) is 23.1. The number of benzene rings is 2. The minimum Gasteiger partial charge on any atom is -0.454 e. The second kappa shape index (κ2) is 8.89. The molecule has 34 heavy (non-hydrogen) atoms. The molecule has 0 unspecified atom stereocenters. The Labute approximate surface area is 203 Å². The van der Waals surface area contributed by atoms with Gasteiger partial charge in [-0.2, -0.15) is 0 Å². The highest BCUT2D eigenvalue weighted by molar-refractivity contribution is 6.31. The number of piperazine rings is 1. The van der Waals surface area contributed by atoms with Gasteiger partial charge in [0, 0.05) is 50.4 Å². The van der Waals surface area contributed by atoms with Crippen molar-refractivity contribution in [1.29, 1.82) is 0 Å². The van der Waals surface area contributed by atoms with Crippen molar-refractivity contribution in [3.63, 3.8) is 0 Å². The Morgan fingerprint density at radius 3 is 2.68 bits per heavy atom. The van der Waals surface area contributed by atoms with Crippen LogP contribution in [0.2, 0.25) is 5.02 Å². The molecule has 1 fully saturated rings. The molecule has 1 saturated heterocycles. The van der Waals surface area contributed by atoms with Crippen LogP contribution < -0.4 is 14.4 Å². The van der Waals surface area contributed by atoms with Crippen LogP contribution in [0, 0.1) is 0 Å². The molecule has 8 heteroatoms. The number of ether oxygens (including phenoxy) is 2. The van der Waals surface area contributed by atoms with Gasteiger partial charge in [-0.3, -0.25) is 9.69 Å².